The fourth-order valence-corrected chi connectivity index (χ4v) is 9.76. The third kappa shape index (κ3) is 36.1. The van der Waals surface area contributed by atoms with Crippen molar-refractivity contribution in [3.63, 3.8) is 0 Å². The molecule has 2 fully saturated rings. The van der Waals surface area contributed by atoms with Crippen molar-refractivity contribution in [2.75, 3.05) is 33.0 Å². The smallest absolute Gasteiger partial charge is 0.306 e. The van der Waals surface area contributed by atoms with Gasteiger partial charge in [0.2, 0.25) is 0 Å². The number of carbonyl (C=O) groups excluding carboxylic acids is 1. The van der Waals surface area contributed by atoms with Crippen molar-refractivity contribution in [2.45, 2.75) is 313 Å². The molecule has 2 aliphatic heterocycles. The van der Waals surface area contributed by atoms with Crippen molar-refractivity contribution in [3.8, 4) is 0 Å². The Morgan fingerprint density at radius 2 is 0.805 bits per heavy atom. The van der Waals surface area contributed by atoms with Gasteiger partial charge in [0.25, 0.3) is 0 Å². The van der Waals surface area contributed by atoms with Gasteiger partial charge in [-0.3, -0.25) is 4.79 Å². The van der Waals surface area contributed by atoms with Crippen LogP contribution in [0.1, 0.15) is 245 Å². The lowest BCUT2D eigenvalue weighted by molar-refractivity contribution is -0.332. The number of aliphatic hydroxyl groups excluding tert-OH is 7. The normalized spacial score (nSPS) is 24.6. The molecule has 0 amide bonds. The zero-order chi connectivity index (χ0) is 55.8. The molecule has 0 aliphatic carbocycles. The predicted molar refractivity (Wildman–Crippen MR) is 307 cm³/mol. The summed E-state index contributed by atoms with van der Waals surface area (Å²) in [4.78, 5) is 13.1. The number of ether oxygens (including phenoxy) is 6. The van der Waals surface area contributed by atoms with Crippen LogP contribution in [0.25, 0.3) is 0 Å². The van der Waals surface area contributed by atoms with Crippen molar-refractivity contribution < 1.29 is 69.0 Å². The molecule has 7 N–H and O–H groups in total. The zero-order valence-corrected chi connectivity index (χ0v) is 48.4. The van der Waals surface area contributed by atoms with E-state index in [-0.39, 0.29) is 25.6 Å². The van der Waals surface area contributed by atoms with Crippen LogP contribution in [0.2, 0.25) is 0 Å². The van der Waals surface area contributed by atoms with Gasteiger partial charge in [-0.2, -0.15) is 0 Å². The van der Waals surface area contributed by atoms with Gasteiger partial charge in [-0.15, -0.1) is 0 Å². The maximum Gasteiger partial charge on any atom is 0.306 e. The van der Waals surface area contributed by atoms with E-state index in [1.165, 1.54) is 161 Å². The molecule has 14 nitrogen and oxygen atoms in total. The summed E-state index contributed by atoms with van der Waals surface area (Å²) in [7, 11) is 0. The summed E-state index contributed by atoms with van der Waals surface area (Å²) < 4.78 is 34.4. The highest BCUT2D eigenvalue weighted by Gasteiger charge is 2.47. The summed E-state index contributed by atoms with van der Waals surface area (Å²) in [6, 6.07) is 0. The fourth-order valence-electron chi connectivity index (χ4n) is 9.76. The number of allylic oxidation sites excluding steroid dienone is 8. The lowest BCUT2D eigenvalue weighted by Crippen LogP contribution is -2.61. The van der Waals surface area contributed by atoms with Crippen molar-refractivity contribution in [1.82, 2.24) is 0 Å². The third-order valence-electron chi connectivity index (χ3n) is 14.8. The molecule has 0 radical (unpaired) electrons. The number of aliphatic hydroxyl groups is 7. The highest BCUT2D eigenvalue weighted by molar-refractivity contribution is 5.69. The number of carbonyl (C=O) groups is 1. The Bertz CT molecular complexity index is 1460. The highest BCUT2D eigenvalue weighted by Crippen LogP contribution is 2.27. The van der Waals surface area contributed by atoms with Crippen molar-refractivity contribution in [3.05, 3.63) is 48.6 Å². The fraction of sp³-hybridized carbons (Fsp3) is 0.857. The monoisotopic (exact) mass is 1090 g/mol. The number of hydrogen-bond acceptors (Lipinski definition) is 14. The first-order chi connectivity index (χ1) is 37.6. The molecule has 11 unspecified atom stereocenters. The van der Waals surface area contributed by atoms with Crippen molar-refractivity contribution >= 4 is 5.97 Å². The summed E-state index contributed by atoms with van der Waals surface area (Å²) >= 11 is 0. The largest absolute Gasteiger partial charge is 0.457 e. The Morgan fingerprint density at radius 3 is 1.27 bits per heavy atom. The minimum absolute atomic E-state index is 0.0586. The molecule has 0 saturated carbocycles. The molecule has 2 rings (SSSR count). The molecule has 0 aromatic heterocycles. The second-order valence-electron chi connectivity index (χ2n) is 21.9. The molecule has 450 valence electrons. The van der Waals surface area contributed by atoms with Gasteiger partial charge in [-0.1, -0.05) is 210 Å². The van der Waals surface area contributed by atoms with E-state index in [2.05, 4.69) is 62.5 Å². The molecule has 14 heteroatoms. The first kappa shape index (κ1) is 71.1. The Hall–Kier alpha value is -2.05. The van der Waals surface area contributed by atoms with Crippen LogP contribution >= 0.6 is 0 Å². The van der Waals surface area contributed by atoms with E-state index in [1.54, 1.807) is 0 Å². The van der Waals surface area contributed by atoms with Crippen LogP contribution in [0.4, 0.5) is 0 Å². The van der Waals surface area contributed by atoms with Gasteiger partial charge in [0.15, 0.2) is 12.6 Å². The van der Waals surface area contributed by atoms with Crippen LogP contribution in [0.3, 0.4) is 0 Å². The molecule has 11 atom stereocenters. The standard InChI is InChI=1S/C63H114O14/c1-3-5-7-9-11-13-15-17-19-21-22-23-24-25-26-27-28-29-31-33-35-37-39-41-43-45-47-72-49-52(75-55(65)46-44-42-40-38-36-34-32-30-20-18-16-14-12-10-8-6-4-2)50-73-62-61(71)59(69)57(67)54(77-62)51-74-63-60(70)58(68)56(66)53(48-64)76-63/h12,14-15,17-18,20-22,52-54,56-64,66-71H,3-11,13,16,19,23-51H2,1-2H3/b14-12-,17-15-,20-18-,22-21-. The van der Waals surface area contributed by atoms with Gasteiger partial charge in [0, 0.05) is 13.0 Å². The predicted octanol–water partition coefficient (Wildman–Crippen LogP) is 11.9. The van der Waals surface area contributed by atoms with Gasteiger partial charge in [-0.25, -0.2) is 0 Å². The van der Waals surface area contributed by atoms with Crippen LogP contribution < -0.4 is 0 Å². The van der Waals surface area contributed by atoms with Crippen LogP contribution in [0.5, 0.6) is 0 Å². The Balaban J connectivity index is 1.67. The first-order valence-electron chi connectivity index (χ1n) is 31.2. The summed E-state index contributed by atoms with van der Waals surface area (Å²) in [6.45, 7) is 3.67. The third-order valence-corrected chi connectivity index (χ3v) is 14.8. The average molecular weight is 1100 g/mol. The number of hydrogen-bond donors (Lipinski definition) is 7. The minimum Gasteiger partial charge on any atom is -0.457 e. The molecule has 0 spiro atoms. The van der Waals surface area contributed by atoms with Gasteiger partial charge in [0.1, 0.15) is 54.9 Å². The summed E-state index contributed by atoms with van der Waals surface area (Å²) in [5.74, 6) is -0.382. The van der Waals surface area contributed by atoms with E-state index in [9.17, 15) is 40.5 Å². The van der Waals surface area contributed by atoms with Gasteiger partial charge < -0.3 is 64.2 Å². The lowest BCUT2D eigenvalue weighted by Gasteiger charge is -2.42. The van der Waals surface area contributed by atoms with Gasteiger partial charge in [-0.05, 0) is 77.0 Å². The average Bonchev–Trinajstić information content (AvgIpc) is 3.43. The molecule has 0 bridgehead atoms. The molecule has 0 aromatic carbocycles. The second-order valence-corrected chi connectivity index (χ2v) is 21.9. The number of rotatable bonds is 51. The van der Waals surface area contributed by atoms with E-state index in [1.807, 2.05) is 0 Å². The summed E-state index contributed by atoms with van der Waals surface area (Å²) in [5, 5.41) is 72.4. The minimum atomic E-state index is -1.71. The lowest BCUT2D eigenvalue weighted by atomic mass is 9.98. The molecule has 77 heavy (non-hydrogen) atoms. The van der Waals surface area contributed by atoms with Crippen molar-refractivity contribution in [2.24, 2.45) is 0 Å². The summed E-state index contributed by atoms with van der Waals surface area (Å²) in [5.41, 5.74) is 0. The zero-order valence-electron chi connectivity index (χ0n) is 48.4. The van der Waals surface area contributed by atoms with Crippen LogP contribution in [-0.2, 0) is 33.2 Å². The molecule has 2 saturated heterocycles. The number of esters is 1. The number of unbranched alkanes of at least 4 members (excludes halogenated alkanes) is 29. The van der Waals surface area contributed by atoms with Crippen molar-refractivity contribution in [1.29, 1.82) is 0 Å². The maximum atomic E-state index is 13.1. The van der Waals surface area contributed by atoms with E-state index in [4.69, 9.17) is 28.4 Å². The quantitative estimate of drug-likeness (QED) is 0.0172. The van der Waals surface area contributed by atoms with Gasteiger partial charge >= 0.3 is 5.97 Å². The van der Waals surface area contributed by atoms with Crippen LogP contribution in [0, 0.1) is 0 Å². The van der Waals surface area contributed by atoms with Crippen LogP contribution in [0.15, 0.2) is 48.6 Å². The van der Waals surface area contributed by atoms with Gasteiger partial charge in [0.05, 0.1) is 26.4 Å². The summed E-state index contributed by atoms with van der Waals surface area (Å²) in [6.07, 6.45) is 44.6. The van der Waals surface area contributed by atoms with Crippen LogP contribution in [-0.4, -0.2) is 142 Å². The molecule has 2 heterocycles. The Labute approximate surface area is 467 Å². The van der Waals surface area contributed by atoms with E-state index < -0.39 is 80.7 Å². The topological polar surface area (TPSA) is 214 Å². The first-order valence-corrected chi connectivity index (χ1v) is 31.2. The van der Waals surface area contributed by atoms with E-state index >= 15 is 0 Å². The SMILES string of the molecule is CCCCC/C=C\C/C=C\CCCCCCCCCC(=O)OC(COCCCCCCCCCCCCCCCC/C=C\C/C=C\CCCCCCC)COC1OC(COC2OC(CO)C(O)C(O)C2O)C(O)C(O)C1O. The molecule has 0 aromatic rings. The van der Waals surface area contributed by atoms with E-state index in [0.717, 1.165) is 57.8 Å². The maximum absolute atomic E-state index is 13.1. The van der Waals surface area contributed by atoms with E-state index in [0.29, 0.717) is 13.0 Å². The Morgan fingerprint density at radius 1 is 0.429 bits per heavy atom. The second kappa shape index (κ2) is 49.7. The molecular formula is C63H114O14. The Kier molecular flexibility index (Phi) is 45.9. The molecular weight excluding hydrogens is 981 g/mol. The molecule has 2 aliphatic rings. The highest BCUT2D eigenvalue weighted by atomic mass is 16.7.